The zero-order valence-corrected chi connectivity index (χ0v) is 27.7. The van der Waals surface area contributed by atoms with E-state index in [9.17, 15) is 0 Å². The van der Waals surface area contributed by atoms with Crippen molar-refractivity contribution in [3.05, 3.63) is 69.3 Å². The van der Waals surface area contributed by atoms with Gasteiger partial charge in [0, 0.05) is 0 Å². The number of benzene rings is 2. The summed E-state index contributed by atoms with van der Waals surface area (Å²) in [6.07, 6.45) is 5.91. The molecule has 0 N–H and O–H groups in total. The third-order valence-electron chi connectivity index (χ3n) is 7.97. The minimum atomic E-state index is 0. The van der Waals surface area contributed by atoms with Crippen molar-refractivity contribution < 1.29 is 51.0 Å². The smallest absolute Gasteiger partial charge is 1.00 e. The molecule has 0 fully saturated rings. The van der Waals surface area contributed by atoms with Crippen LogP contribution in [0.2, 0.25) is 0 Å². The summed E-state index contributed by atoms with van der Waals surface area (Å²) in [5.74, 6) is 0. The van der Waals surface area contributed by atoms with Crippen LogP contribution in [-0.4, -0.2) is 0 Å². The Morgan fingerprint density at radius 3 is 1.94 bits per heavy atom. The average Bonchev–Trinajstić information content (AvgIpc) is 3.34. The van der Waals surface area contributed by atoms with Gasteiger partial charge in [0.2, 0.25) is 0 Å². The summed E-state index contributed by atoms with van der Waals surface area (Å²) in [6.45, 7) is 23.7. The van der Waals surface area contributed by atoms with Crippen molar-refractivity contribution in [2.24, 2.45) is 5.41 Å². The van der Waals surface area contributed by atoms with E-state index in [0.29, 0.717) is 0 Å². The third-order valence-corrected chi connectivity index (χ3v) is 7.97. The van der Waals surface area contributed by atoms with E-state index in [2.05, 4.69) is 99.6 Å². The van der Waals surface area contributed by atoms with E-state index in [0.717, 1.165) is 6.42 Å². The molecule has 2 bridgehead atoms. The van der Waals surface area contributed by atoms with Crippen LogP contribution in [0.5, 0.6) is 0 Å². The van der Waals surface area contributed by atoms with E-state index in [1.165, 1.54) is 45.5 Å². The summed E-state index contributed by atoms with van der Waals surface area (Å²) < 4.78 is 0. The number of rotatable bonds is 1. The first-order chi connectivity index (χ1) is 15.2. The van der Waals surface area contributed by atoms with Crippen LogP contribution < -0.4 is 24.8 Å². The van der Waals surface area contributed by atoms with Crippen molar-refractivity contribution in [2.45, 2.75) is 99.3 Å². The van der Waals surface area contributed by atoms with Crippen LogP contribution in [-0.2, 0) is 49.9 Å². The summed E-state index contributed by atoms with van der Waals surface area (Å²) in [5, 5.41) is 5.91. The Morgan fingerprint density at radius 1 is 0.778 bits per heavy atom. The monoisotopic (exact) mass is 597 g/mol. The molecule has 5 rings (SSSR count). The number of allylic oxidation sites excluding steroid dienone is 4. The second-order valence-electron chi connectivity index (χ2n) is 13.6. The first kappa shape index (κ1) is 31.5. The van der Waals surface area contributed by atoms with Crippen LogP contribution in [0.1, 0.15) is 103 Å². The van der Waals surface area contributed by atoms with Gasteiger partial charge in [0.1, 0.15) is 0 Å². The second-order valence-corrected chi connectivity index (χ2v) is 13.6. The van der Waals surface area contributed by atoms with E-state index in [4.69, 9.17) is 0 Å². The van der Waals surface area contributed by atoms with Crippen LogP contribution in [0, 0.1) is 5.41 Å². The molecule has 0 saturated heterocycles. The number of halogens is 2. The average molecular weight is 600 g/mol. The van der Waals surface area contributed by atoms with Gasteiger partial charge in [-0.25, -0.2) is 0 Å². The molecule has 2 aliphatic carbocycles. The molecule has 36 heavy (non-hydrogen) atoms. The maximum absolute atomic E-state index is 2.52. The Balaban J connectivity index is 0.00000152. The number of fused-ring (bicyclic) bond motifs is 6. The predicted molar refractivity (Wildman–Crippen MR) is 147 cm³/mol. The Hall–Kier alpha value is -0.747. The first-order valence-corrected chi connectivity index (χ1v) is 12.8. The molecular weight excluding hydrogens is 558 g/mol. The van der Waals surface area contributed by atoms with Crippen molar-refractivity contribution in [1.82, 2.24) is 0 Å². The molecule has 3 heteroatoms. The normalized spacial score (nSPS) is 15.7. The summed E-state index contributed by atoms with van der Waals surface area (Å²) in [7, 11) is 0. The molecule has 0 aliphatic heterocycles. The van der Waals surface area contributed by atoms with Gasteiger partial charge in [0.05, 0.1) is 0 Å². The van der Waals surface area contributed by atoms with Crippen LogP contribution in [0.15, 0.2) is 41.5 Å². The quantitative estimate of drug-likeness (QED) is 0.376. The van der Waals surface area contributed by atoms with Crippen molar-refractivity contribution in [3.63, 3.8) is 0 Å². The van der Waals surface area contributed by atoms with Crippen LogP contribution in [0.25, 0.3) is 27.1 Å². The van der Waals surface area contributed by atoms with Crippen LogP contribution >= 0.6 is 0 Å². The van der Waals surface area contributed by atoms with Gasteiger partial charge in [0.25, 0.3) is 0 Å². The number of hydrogen-bond donors (Lipinski definition) is 0. The van der Waals surface area contributed by atoms with Crippen molar-refractivity contribution >= 4 is 27.1 Å². The molecule has 0 aromatic heterocycles. The molecule has 3 aromatic rings. The molecule has 0 spiro atoms. The summed E-state index contributed by atoms with van der Waals surface area (Å²) in [5.41, 5.74) is 13.0. The van der Waals surface area contributed by atoms with Gasteiger partial charge in [-0.2, -0.15) is 0 Å². The van der Waals surface area contributed by atoms with E-state index in [-0.39, 0.29) is 67.3 Å². The minimum absolute atomic E-state index is 0. The number of hydrogen-bond acceptors (Lipinski definition) is 0. The van der Waals surface area contributed by atoms with Crippen LogP contribution in [0.3, 0.4) is 0 Å². The maximum Gasteiger partial charge on any atom is 3.00 e. The molecule has 3 aromatic carbocycles. The Kier molecular flexibility index (Phi) is 8.82. The van der Waals surface area contributed by atoms with Gasteiger partial charge in [-0.15, -0.1) is 39.2 Å². The van der Waals surface area contributed by atoms with Crippen LogP contribution in [0.4, 0.5) is 0 Å². The fraction of sp³-hybridized carbons (Fsp3) is 0.485. The van der Waals surface area contributed by atoms with Gasteiger partial charge in [-0.1, -0.05) is 115 Å². The SMILES string of the molecule is CC1=CCC(c2c3c(C(C)(C)C)c(c4[cH-]c5cc(C(C)(C)C)ccc5c24)CC3)=C1C(C)(C)C.[Cl-].[Cl-].[Zr+3]. The van der Waals surface area contributed by atoms with E-state index >= 15 is 0 Å². The molecule has 0 atom stereocenters. The van der Waals surface area contributed by atoms with Crippen molar-refractivity contribution in [1.29, 1.82) is 0 Å². The zero-order valence-electron chi connectivity index (χ0n) is 23.8. The van der Waals surface area contributed by atoms with E-state index in [1.807, 2.05) is 0 Å². The van der Waals surface area contributed by atoms with Crippen molar-refractivity contribution in [3.8, 4) is 0 Å². The molecular formula is C33H41Cl2Zr. The topological polar surface area (TPSA) is 0 Å². The van der Waals surface area contributed by atoms with E-state index < -0.39 is 0 Å². The van der Waals surface area contributed by atoms with Gasteiger partial charge in [-0.05, 0) is 47.2 Å². The molecule has 1 radical (unpaired) electrons. The molecule has 0 saturated carbocycles. The standard InChI is InChI=1S/C33H41.2ClH.Zr/c1-19-11-13-24(29(19)32(5,6)7)28-25-16-15-23(30(25)33(8,9)10)26-18-20-17-21(31(2,3)4)12-14-22(20)27(26)28;;;/h11-12,14,17-18H,13,15-16H2,1-10H3;2*1H;/q-1;;;+3/p-2. The molecule has 2 aliphatic rings. The second kappa shape index (κ2) is 10.1. The Labute approximate surface area is 250 Å². The summed E-state index contributed by atoms with van der Waals surface area (Å²) in [4.78, 5) is 0. The van der Waals surface area contributed by atoms with Gasteiger partial charge in [0.15, 0.2) is 0 Å². The molecule has 0 unspecified atom stereocenters. The zero-order chi connectivity index (χ0) is 24.1. The molecule has 191 valence electrons. The van der Waals surface area contributed by atoms with E-state index in [1.54, 1.807) is 33.4 Å². The summed E-state index contributed by atoms with van der Waals surface area (Å²) >= 11 is 0. The fourth-order valence-electron chi connectivity index (χ4n) is 6.82. The molecule has 0 amide bonds. The van der Waals surface area contributed by atoms with Gasteiger partial charge >= 0.3 is 26.2 Å². The molecule has 0 heterocycles. The predicted octanol–water partition coefficient (Wildman–Crippen LogP) is 3.56. The fourth-order valence-corrected chi connectivity index (χ4v) is 6.82. The first-order valence-electron chi connectivity index (χ1n) is 12.8. The third kappa shape index (κ3) is 4.87. The largest absolute Gasteiger partial charge is 3.00 e. The molecule has 0 nitrogen and oxygen atoms in total. The van der Waals surface area contributed by atoms with Gasteiger partial charge in [-0.3, -0.25) is 0 Å². The Bertz CT molecular complexity index is 1380. The maximum atomic E-state index is 2.52. The summed E-state index contributed by atoms with van der Waals surface area (Å²) in [6, 6.07) is 9.77. The van der Waals surface area contributed by atoms with Crippen molar-refractivity contribution in [2.75, 3.05) is 0 Å². The number of aryl methyl sites for hydroxylation is 1. The van der Waals surface area contributed by atoms with Gasteiger partial charge < -0.3 is 24.8 Å². The Morgan fingerprint density at radius 2 is 1.39 bits per heavy atom. The minimum Gasteiger partial charge on any atom is -1.00 e.